The van der Waals surface area contributed by atoms with Crippen molar-refractivity contribution in [1.82, 2.24) is 4.90 Å². The van der Waals surface area contributed by atoms with Gasteiger partial charge in [0.15, 0.2) is 0 Å². The van der Waals surface area contributed by atoms with Crippen LogP contribution in [0.4, 0.5) is 0 Å². The van der Waals surface area contributed by atoms with Gasteiger partial charge in [-0.2, -0.15) is 0 Å². The molecule has 1 saturated heterocycles. The first-order valence-electron chi connectivity index (χ1n) is 6.79. The fraction of sp³-hybridized carbons (Fsp3) is 0.600. The second-order valence-corrected chi connectivity index (χ2v) is 4.77. The molecule has 0 N–H and O–H groups in total. The zero-order chi connectivity index (χ0) is 12.8. The topological polar surface area (TPSA) is 21.7 Å². The zero-order valence-electron chi connectivity index (χ0n) is 11.3. The van der Waals surface area contributed by atoms with Crippen molar-refractivity contribution < 1.29 is 9.47 Å². The minimum atomic E-state index is 0.198. The van der Waals surface area contributed by atoms with Gasteiger partial charge >= 0.3 is 0 Å². The largest absolute Gasteiger partial charge is 0.380 e. The maximum atomic E-state index is 5.93. The third kappa shape index (κ3) is 3.55. The van der Waals surface area contributed by atoms with Crippen LogP contribution >= 0.6 is 0 Å². The molecule has 1 aliphatic rings. The first-order valence-corrected chi connectivity index (χ1v) is 6.79. The van der Waals surface area contributed by atoms with Gasteiger partial charge in [0.05, 0.1) is 19.3 Å². The monoisotopic (exact) mass is 249 g/mol. The number of morpholine rings is 1. The van der Waals surface area contributed by atoms with Gasteiger partial charge < -0.3 is 9.47 Å². The van der Waals surface area contributed by atoms with Crippen molar-refractivity contribution in [2.45, 2.75) is 26.0 Å². The molecule has 2 rings (SSSR count). The summed E-state index contributed by atoms with van der Waals surface area (Å²) >= 11 is 0. The van der Waals surface area contributed by atoms with Gasteiger partial charge in [-0.1, -0.05) is 30.3 Å². The first-order chi connectivity index (χ1) is 8.81. The predicted octanol–water partition coefficient (Wildman–Crippen LogP) is 2.48. The molecule has 2 atom stereocenters. The third-order valence-corrected chi connectivity index (χ3v) is 3.46. The maximum Gasteiger partial charge on any atom is 0.0952 e. The van der Waals surface area contributed by atoms with Gasteiger partial charge in [0.25, 0.3) is 0 Å². The first kappa shape index (κ1) is 13.5. The van der Waals surface area contributed by atoms with E-state index >= 15 is 0 Å². The second-order valence-electron chi connectivity index (χ2n) is 4.77. The highest BCUT2D eigenvalue weighted by atomic mass is 16.5. The predicted molar refractivity (Wildman–Crippen MR) is 72.7 cm³/mol. The van der Waals surface area contributed by atoms with Crippen molar-refractivity contribution in [3.05, 3.63) is 35.9 Å². The molecule has 18 heavy (non-hydrogen) atoms. The molecule has 0 amide bonds. The highest BCUT2D eigenvalue weighted by Gasteiger charge is 2.26. The summed E-state index contributed by atoms with van der Waals surface area (Å²) in [5, 5.41) is 0. The van der Waals surface area contributed by atoms with Gasteiger partial charge in [0.1, 0.15) is 0 Å². The molecule has 1 fully saturated rings. The van der Waals surface area contributed by atoms with E-state index in [1.54, 1.807) is 0 Å². The summed E-state index contributed by atoms with van der Waals surface area (Å²) in [5.74, 6) is 0. The molecule has 0 unspecified atom stereocenters. The number of hydrogen-bond donors (Lipinski definition) is 0. The minimum absolute atomic E-state index is 0.198. The number of ether oxygens (including phenoxy) is 2. The Kier molecular flexibility index (Phi) is 5.17. The van der Waals surface area contributed by atoms with E-state index in [4.69, 9.17) is 9.47 Å². The molecule has 1 aromatic rings. The zero-order valence-corrected chi connectivity index (χ0v) is 11.3. The highest BCUT2D eigenvalue weighted by Crippen LogP contribution is 2.24. The van der Waals surface area contributed by atoms with Crippen LogP contribution in [-0.4, -0.2) is 43.9 Å². The van der Waals surface area contributed by atoms with Crippen molar-refractivity contribution in [2.24, 2.45) is 0 Å². The molecule has 0 aliphatic carbocycles. The van der Waals surface area contributed by atoms with Crippen molar-refractivity contribution in [3.8, 4) is 0 Å². The Morgan fingerprint density at radius 1 is 1.33 bits per heavy atom. The molecule has 0 aromatic heterocycles. The van der Waals surface area contributed by atoms with Crippen molar-refractivity contribution in [2.75, 3.05) is 32.9 Å². The Morgan fingerprint density at radius 3 is 2.83 bits per heavy atom. The van der Waals surface area contributed by atoms with Crippen LogP contribution in [0.2, 0.25) is 0 Å². The molecule has 0 bridgehead atoms. The van der Waals surface area contributed by atoms with Crippen LogP contribution in [-0.2, 0) is 9.47 Å². The molecule has 0 radical (unpaired) electrons. The molecule has 1 aromatic carbocycles. The summed E-state index contributed by atoms with van der Waals surface area (Å²) < 4.78 is 11.4. The summed E-state index contributed by atoms with van der Waals surface area (Å²) in [5.41, 5.74) is 1.27. The molecule has 1 aliphatic heterocycles. The van der Waals surface area contributed by atoms with Crippen LogP contribution in [0.3, 0.4) is 0 Å². The maximum absolute atomic E-state index is 5.93. The number of nitrogens with zero attached hydrogens (tertiary/aromatic N) is 1. The van der Waals surface area contributed by atoms with E-state index < -0.39 is 0 Å². The van der Waals surface area contributed by atoms with Crippen LogP contribution < -0.4 is 0 Å². The van der Waals surface area contributed by atoms with Crippen LogP contribution in [0.15, 0.2) is 30.3 Å². The van der Waals surface area contributed by atoms with Crippen LogP contribution in [0, 0.1) is 0 Å². The Morgan fingerprint density at radius 2 is 2.11 bits per heavy atom. The van der Waals surface area contributed by atoms with E-state index in [2.05, 4.69) is 36.1 Å². The van der Waals surface area contributed by atoms with Gasteiger partial charge in [0.2, 0.25) is 0 Å². The van der Waals surface area contributed by atoms with Gasteiger partial charge in [-0.15, -0.1) is 0 Å². The van der Waals surface area contributed by atoms with E-state index in [0.717, 1.165) is 32.9 Å². The minimum Gasteiger partial charge on any atom is -0.380 e. The summed E-state index contributed by atoms with van der Waals surface area (Å²) in [6, 6.07) is 10.9. The van der Waals surface area contributed by atoms with Gasteiger partial charge in [-0.3, -0.25) is 4.90 Å². The number of rotatable bonds is 5. The molecular formula is C15H23NO2. The fourth-order valence-electron chi connectivity index (χ4n) is 2.31. The molecule has 3 nitrogen and oxygen atoms in total. The highest BCUT2D eigenvalue weighted by molar-refractivity contribution is 5.18. The van der Waals surface area contributed by atoms with E-state index in [0.29, 0.717) is 6.04 Å². The summed E-state index contributed by atoms with van der Waals surface area (Å²) in [4.78, 5) is 2.46. The Bertz CT molecular complexity index is 342. The van der Waals surface area contributed by atoms with E-state index in [1.807, 2.05) is 13.0 Å². The Labute approximate surface area is 110 Å². The average Bonchev–Trinajstić information content (AvgIpc) is 2.42. The number of benzene rings is 1. The smallest absolute Gasteiger partial charge is 0.0952 e. The Balaban J connectivity index is 1.91. The van der Waals surface area contributed by atoms with Crippen LogP contribution in [0.5, 0.6) is 0 Å². The molecule has 3 heteroatoms. The van der Waals surface area contributed by atoms with Gasteiger partial charge in [0, 0.05) is 25.7 Å². The van der Waals surface area contributed by atoms with E-state index in [1.165, 1.54) is 5.56 Å². The van der Waals surface area contributed by atoms with E-state index in [9.17, 15) is 0 Å². The SMILES string of the molecule is CCOCCN1C[C@H](c2ccccc2)OC[C@H]1C. The van der Waals surface area contributed by atoms with Crippen molar-refractivity contribution in [1.29, 1.82) is 0 Å². The lowest BCUT2D eigenvalue weighted by atomic mass is 10.1. The quantitative estimate of drug-likeness (QED) is 0.748. The summed E-state index contributed by atoms with van der Waals surface area (Å²) in [6.07, 6.45) is 0.198. The second kappa shape index (κ2) is 6.88. The van der Waals surface area contributed by atoms with Gasteiger partial charge in [-0.25, -0.2) is 0 Å². The number of hydrogen-bond acceptors (Lipinski definition) is 3. The fourth-order valence-corrected chi connectivity index (χ4v) is 2.31. The normalized spacial score (nSPS) is 25.2. The molecular weight excluding hydrogens is 226 g/mol. The Hall–Kier alpha value is -0.900. The molecule has 100 valence electrons. The van der Waals surface area contributed by atoms with Crippen molar-refractivity contribution >= 4 is 0 Å². The summed E-state index contributed by atoms with van der Waals surface area (Å²) in [7, 11) is 0. The van der Waals surface area contributed by atoms with Gasteiger partial charge in [-0.05, 0) is 19.4 Å². The lowest BCUT2D eigenvalue weighted by Crippen LogP contribution is -2.46. The third-order valence-electron chi connectivity index (χ3n) is 3.46. The molecule has 0 spiro atoms. The van der Waals surface area contributed by atoms with Crippen LogP contribution in [0.25, 0.3) is 0 Å². The lowest BCUT2D eigenvalue weighted by Gasteiger charge is -2.38. The molecule has 0 saturated carbocycles. The average molecular weight is 249 g/mol. The van der Waals surface area contributed by atoms with E-state index in [-0.39, 0.29) is 6.10 Å². The molecule has 1 heterocycles. The summed E-state index contributed by atoms with van der Waals surface area (Å²) in [6.45, 7) is 8.59. The lowest BCUT2D eigenvalue weighted by molar-refractivity contribution is -0.0664. The van der Waals surface area contributed by atoms with Crippen LogP contribution in [0.1, 0.15) is 25.5 Å². The standard InChI is InChI=1S/C15H23NO2/c1-3-17-10-9-16-11-15(18-12-13(16)2)14-7-5-4-6-8-14/h4-8,13,15H,3,9-12H2,1-2H3/t13-,15-/m1/s1. The van der Waals surface area contributed by atoms with Crippen molar-refractivity contribution in [3.63, 3.8) is 0 Å².